The Morgan fingerprint density at radius 3 is 1.69 bits per heavy atom. The van der Waals surface area contributed by atoms with Gasteiger partial charge in [-0.25, -0.2) is 4.79 Å². The molecule has 3 amide bonds. The summed E-state index contributed by atoms with van der Waals surface area (Å²) in [5, 5.41) is 34.6. The molecule has 36 heavy (non-hydrogen) atoms. The van der Waals surface area contributed by atoms with Crippen LogP contribution < -0.4 is 16.0 Å². The first-order valence-electron chi connectivity index (χ1n) is 11.4. The number of carboxylic acid groups (broad SMARTS) is 3. The average molecular weight is 508 g/mol. The number of hydrogen-bond donors (Lipinski definition) is 6. The van der Waals surface area contributed by atoms with Gasteiger partial charge in [0.15, 0.2) is 0 Å². The lowest BCUT2D eigenvalue weighted by molar-refractivity contribution is -0.144. The zero-order valence-corrected chi connectivity index (χ0v) is 20.4. The number of carboxylic acids is 3. The van der Waals surface area contributed by atoms with Crippen molar-refractivity contribution in [3.05, 3.63) is 35.9 Å². The third-order valence-electron chi connectivity index (χ3n) is 5.18. The summed E-state index contributed by atoms with van der Waals surface area (Å²) in [5.41, 5.74) is 0.644. The lowest BCUT2D eigenvalue weighted by Gasteiger charge is -2.25. The second kappa shape index (κ2) is 14.4. The predicted molar refractivity (Wildman–Crippen MR) is 127 cm³/mol. The largest absolute Gasteiger partial charge is 0.481 e. The van der Waals surface area contributed by atoms with Crippen molar-refractivity contribution in [3.63, 3.8) is 0 Å². The van der Waals surface area contributed by atoms with E-state index in [9.17, 15) is 39.0 Å². The van der Waals surface area contributed by atoms with E-state index in [-0.39, 0.29) is 18.8 Å². The van der Waals surface area contributed by atoms with Crippen LogP contribution in [0, 0.1) is 11.8 Å². The lowest BCUT2D eigenvalue weighted by Crippen LogP contribution is -2.57. The molecule has 12 nitrogen and oxygen atoms in total. The van der Waals surface area contributed by atoms with Gasteiger partial charge in [-0.05, 0) is 17.9 Å². The third kappa shape index (κ3) is 11.0. The fraction of sp³-hybridized carbons (Fsp3) is 0.500. The second-order valence-electron chi connectivity index (χ2n) is 8.94. The van der Waals surface area contributed by atoms with Gasteiger partial charge < -0.3 is 31.3 Å². The molecule has 0 aliphatic carbocycles. The zero-order chi connectivity index (χ0) is 27.4. The van der Waals surface area contributed by atoms with Gasteiger partial charge >= 0.3 is 17.9 Å². The Hall–Kier alpha value is -3.96. The van der Waals surface area contributed by atoms with Gasteiger partial charge in [0.2, 0.25) is 17.7 Å². The summed E-state index contributed by atoms with van der Waals surface area (Å²) in [6, 6.07) is 4.39. The van der Waals surface area contributed by atoms with Crippen LogP contribution in [0.3, 0.4) is 0 Å². The van der Waals surface area contributed by atoms with Crippen molar-refractivity contribution in [2.75, 3.05) is 0 Å². The van der Waals surface area contributed by atoms with Gasteiger partial charge in [0.1, 0.15) is 18.1 Å². The molecule has 0 saturated carbocycles. The van der Waals surface area contributed by atoms with Crippen molar-refractivity contribution in [2.45, 2.75) is 64.6 Å². The maximum Gasteiger partial charge on any atom is 0.326 e. The Labute approximate surface area is 208 Å². The number of carbonyl (C=O) groups is 6. The van der Waals surface area contributed by atoms with Crippen LogP contribution in [0.25, 0.3) is 0 Å². The maximum absolute atomic E-state index is 13.1. The van der Waals surface area contributed by atoms with Crippen LogP contribution in [0.4, 0.5) is 0 Å². The van der Waals surface area contributed by atoms with Crippen LogP contribution in [-0.2, 0) is 35.2 Å². The van der Waals surface area contributed by atoms with Crippen LogP contribution in [0.5, 0.6) is 0 Å². The first-order valence-corrected chi connectivity index (χ1v) is 11.4. The monoisotopic (exact) mass is 507 g/mol. The van der Waals surface area contributed by atoms with Gasteiger partial charge in [-0.15, -0.1) is 0 Å². The summed E-state index contributed by atoms with van der Waals surface area (Å²) in [7, 11) is 0. The van der Waals surface area contributed by atoms with Gasteiger partial charge in [-0.2, -0.15) is 0 Å². The van der Waals surface area contributed by atoms with Gasteiger partial charge in [0, 0.05) is 12.3 Å². The van der Waals surface area contributed by atoms with E-state index in [1.54, 1.807) is 44.2 Å². The van der Waals surface area contributed by atoms with Crippen LogP contribution in [-0.4, -0.2) is 69.1 Å². The molecular weight excluding hydrogens is 474 g/mol. The highest BCUT2D eigenvalue weighted by atomic mass is 16.4. The number of nitrogens with one attached hydrogen (secondary N) is 3. The van der Waals surface area contributed by atoms with Gasteiger partial charge in [-0.3, -0.25) is 24.0 Å². The minimum Gasteiger partial charge on any atom is -0.481 e. The highest BCUT2D eigenvalue weighted by Gasteiger charge is 2.32. The van der Waals surface area contributed by atoms with Crippen molar-refractivity contribution < 1.29 is 44.1 Å². The number of benzene rings is 1. The predicted octanol–water partition coefficient (Wildman–Crippen LogP) is 0.400. The molecule has 0 aliphatic rings. The Morgan fingerprint density at radius 2 is 1.19 bits per heavy atom. The van der Waals surface area contributed by atoms with Crippen molar-refractivity contribution in [1.82, 2.24) is 16.0 Å². The highest BCUT2D eigenvalue weighted by molar-refractivity contribution is 5.95. The minimum atomic E-state index is -1.62. The molecule has 1 aromatic carbocycles. The molecular formula is C24H33N3O9. The minimum absolute atomic E-state index is 0.0231. The van der Waals surface area contributed by atoms with E-state index in [1.807, 2.05) is 0 Å². The highest BCUT2D eigenvalue weighted by Crippen LogP contribution is 2.09. The molecule has 4 unspecified atom stereocenters. The molecule has 0 saturated heterocycles. The normalized spacial score (nSPS) is 14.1. The third-order valence-corrected chi connectivity index (χ3v) is 5.18. The van der Waals surface area contributed by atoms with Gasteiger partial charge in [-0.1, -0.05) is 51.1 Å². The molecule has 0 bridgehead atoms. The smallest absolute Gasteiger partial charge is 0.326 e. The van der Waals surface area contributed by atoms with E-state index in [1.165, 1.54) is 6.92 Å². The molecule has 0 spiro atoms. The van der Waals surface area contributed by atoms with Crippen molar-refractivity contribution in [3.8, 4) is 0 Å². The Morgan fingerprint density at radius 1 is 0.694 bits per heavy atom. The Balaban J connectivity index is 3.12. The fourth-order valence-corrected chi connectivity index (χ4v) is 3.35. The van der Waals surface area contributed by atoms with Gasteiger partial charge in [0.25, 0.3) is 0 Å². The fourth-order valence-electron chi connectivity index (χ4n) is 3.35. The molecule has 1 rings (SSSR count). The quantitative estimate of drug-likeness (QED) is 0.194. The molecule has 198 valence electrons. The number of amides is 3. The van der Waals surface area contributed by atoms with E-state index >= 15 is 0 Å². The van der Waals surface area contributed by atoms with Crippen LogP contribution in [0.1, 0.15) is 45.6 Å². The summed E-state index contributed by atoms with van der Waals surface area (Å²) in [6.45, 7) is 4.88. The molecule has 0 radical (unpaired) electrons. The zero-order valence-electron chi connectivity index (χ0n) is 20.4. The summed E-state index contributed by atoms with van der Waals surface area (Å²) in [4.78, 5) is 72.1. The SMILES string of the molecule is CC(C)CC(NC(=O)C(CC(=O)O)NC(=O)C(Cc1ccccc1)NC(=O)C(C)CC(=O)O)C(=O)O. The van der Waals surface area contributed by atoms with E-state index in [0.29, 0.717) is 5.56 Å². The Kier molecular flexibility index (Phi) is 12.1. The summed E-state index contributed by atoms with van der Waals surface area (Å²) in [5.74, 6) is -7.56. The molecule has 1 aromatic rings. The molecule has 6 N–H and O–H groups in total. The standard InChI is InChI=1S/C24H33N3O9/c1-13(2)9-18(24(35)36)27-23(34)17(12-20(30)31)26-22(33)16(11-15-7-5-4-6-8-15)25-21(32)14(3)10-19(28)29/h4-8,13-14,16-18H,9-12H2,1-3H3,(H,25,32)(H,26,33)(H,27,34)(H,28,29)(H,30,31)(H,35,36). The number of aliphatic carboxylic acids is 3. The van der Waals surface area contributed by atoms with Crippen molar-refractivity contribution in [1.29, 1.82) is 0 Å². The summed E-state index contributed by atoms with van der Waals surface area (Å²) < 4.78 is 0. The summed E-state index contributed by atoms with van der Waals surface area (Å²) in [6.07, 6.45) is -1.23. The van der Waals surface area contributed by atoms with E-state index in [0.717, 1.165) is 0 Å². The Bertz CT molecular complexity index is 949. The molecule has 4 atom stereocenters. The molecule has 0 heterocycles. The lowest BCUT2D eigenvalue weighted by atomic mass is 10.0. The molecule has 0 fully saturated rings. The number of rotatable bonds is 15. The first-order chi connectivity index (χ1) is 16.8. The van der Waals surface area contributed by atoms with Crippen molar-refractivity contribution >= 4 is 35.6 Å². The first kappa shape index (κ1) is 30.1. The van der Waals surface area contributed by atoms with E-state index in [4.69, 9.17) is 5.11 Å². The second-order valence-corrected chi connectivity index (χ2v) is 8.94. The molecule has 0 aliphatic heterocycles. The van der Waals surface area contributed by atoms with E-state index < -0.39 is 72.5 Å². The molecule has 12 heteroatoms. The van der Waals surface area contributed by atoms with Gasteiger partial charge in [0.05, 0.1) is 12.8 Å². The summed E-state index contributed by atoms with van der Waals surface area (Å²) >= 11 is 0. The number of hydrogen-bond acceptors (Lipinski definition) is 6. The average Bonchev–Trinajstić information content (AvgIpc) is 2.77. The van der Waals surface area contributed by atoms with Crippen molar-refractivity contribution in [2.24, 2.45) is 11.8 Å². The van der Waals surface area contributed by atoms with E-state index in [2.05, 4.69) is 16.0 Å². The maximum atomic E-state index is 13.1. The number of carbonyl (C=O) groups excluding carboxylic acids is 3. The topological polar surface area (TPSA) is 199 Å². The molecule has 0 aromatic heterocycles. The van der Waals surface area contributed by atoms with Crippen LogP contribution in [0.15, 0.2) is 30.3 Å². The van der Waals surface area contributed by atoms with Crippen LogP contribution in [0.2, 0.25) is 0 Å². The van der Waals surface area contributed by atoms with Crippen LogP contribution >= 0.6 is 0 Å².